The number of allylic oxidation sites excluding steroid dienone is 1. The molecule has 0 radical (unpaired) electrons. The molecule has 2 aliphatic rings. The summed E-state index contributed by atoms with van der Waals surface area (Å²) in [6.07, 6.45) is -0.383. The van der Waals surface area contributed by atoms with Crippen molar-refractivity contribution in [1.29, 1.82) is 0 Å². The molecular formula is C30H34FNO10S2. The van der Waals surface area contributed by atoms with Crippen LogP contribution in [0.4, 0.5) is 4.39 Å². The van der Waals surface area contributed by atoms with E-state index in [2.05, 4.69) is 4.90 Å². The molecule has 0 aliphatic carbocycles. The molecule has 2 aliphatic heterocycles. The molecular weight excluding hydrogens is 617 g/mol. The van der Waals surface area contributed by atoms with Gasteiger partial charge in [0.05, 0.1) is 18.2 Å². The molecule has 1 saturated heterocycles. The summed E-state index contributed by atoms with van der Waals surface area (Å²) >= 11 is 0. The monoisotopic (exact) mass is 651 g/mol. The van der Waals surface area contributed by atoms with E-state index in [0.29, 0.717) is 12.4 Å². The molecule has 0 saturated carbocycles. The van der Waals surface area contributed by atoms with E-state index < -0.39 is 31.7 Å². The van der Waals surface area contributed by atoms with Gasteiger partial charge in [-0.15, -0.1) is 0 Å². The number of hydrogen-bond donors (Lipinski definition) is 4. The summed E-state index contributed by atoms with van der Waals surface area (Å²) in [6.45, 7) is 4.72. The maximum atomic E-state index is 12.6. The maximum absolute atomic E-state index is 12.6. The number of alkyl halides is 1. The van der Waals surface area contributed by atoms with Crippen molar-refractivity contribution < 1.29 is 50.0 Å². The summed E-state index contributed by atoms with van der Waals surface area (Å²) in [5.74, 6) is 0.0497. The predicted octanol–water partition coefficient (Wildman–Crippen LogP) is 4.20. The Morgan fingerprint density at radius 1 is 0.909 bits per heavy atom. The Hall–Kier alpha value is -3.69. The van der Waals surface area contributed by atoms with Crippen molar-refractivity contribution >= 4 is 31.4 Å². The van der Waals surface area contributed by atoms with Crippen LogP contribution in [0.5, 0.6) is 23.0 Å². The summed E-state index contributed by atoms with van der Waals surface area (Å²) in [5.41, 5.74) is 4.56. The lowest BCUT2D eigenvalue weighted by Gasteiger charge is -2.37. The number of hydrogen-bond acceptors (Lipinski definition) is 9. The van der Waals surface area contributed by atoms with Gasteiger partial charge in [-0.25, -0.2) is 0 Å². The van der Waals surface area contributed by atoms with Crippen molar-refractivity contribution in [2.45, 2.75) is 13.0 Å². The molecule has 3 aromatic carbocycles. The molecule has 1 atom stereocenters. The second-order valence-electron chi connectivity index (χ2n) is 10.5. The van der Waals surface area contributed by atoms with Gasteiger partial charge in [0.1, 0.15) is 35.7 Å². The Kier molecular flexibility index (Phi) is 10.5. The quantitative estimate of drug-likeness (QED) is 0.232. The highest BCUT2D eigenvalue weighted by Gasteiger charge is 2.30. The van der Waals surface area contributed by atoms with E-state index in [1.807, 2.05) is 43.3 Å². The molecule has 4 N–H and O–H groups in total. The Balaban J connectivity index is 0.000000382. The van der Waals surface area contributed by atoms with Crippen LogP contribution in [-0.2, 0) is 20.2 Å². The van der Waals surface area contributed by atoms with Crippen LogP contribution in [0.3, 0.4) is 0 Å². The van der Waals surface area contributed by atoms with Crippen LogP contribution in [0.2, 0.25) is 0 Å². The van der Waals surface area contributed by atoms with Crippen molar-refractivity contribution in [2.75, 3.05) is 44.4 Å². The molecule has 1 unspecified atom stereocenters. The van der Waals surface area contributed by atoms with Crippen LogP contribution in [0.25, 0.3) is 11.1 Å². The van der Waals surface area contributed by atoms with E-state index in [9.17, 15) is 31.4 Å². The summed E-state index contributed by atoms with van der Waals surface area (Å²) < 4.78 is 80.3. The van der Waals surface area contributed by atoms with Gasteiger partial charge in [-0.05, 0) is 66.1 Å². The van der Waals surface area contributed by atoms with Crippen LogP contribution in [-0.4, -0.2) is 85.5 Å². The number of halogens is 1. The van der Waals surface area contributed by atoms with Gasteiger partial charge in [0.15, 0.2) is 0 Å². The minimum atomic E-state index is -4.30. The van der Waals surface area contributed by atoms with Crippen LogP contribution < -0.4 is 9.47 Å². The second-order valence-corrected chi connectivity index (χ2v) is 13.7. The first kappa shape index (κ1) is 33.2. The van der Waals surface area contributed by atoms with Gasteiger partial charge < -0.3 is 19.7 Å². The fourth-order valence-electron chi connectivity index (χ4n) is 4.92. The van der Waals surface area contributed by atoms with Gasteiger partial charge >= 0.3 is 0 Å². The minimum Gasteiger partial charge on any atom is -0.508 e. The fraction of sp³-hybridized carbons (Fsp3) is 0.333. The lowest BCUT2D eigenvalue weighted by molar-refractivity contribution is 0.0668. The van der Waals surface area contributed by atoms with E-state index in [-0.39, 0.29) is 30.2 Å². The number of phenolic OH excluding ortho intramolecular Hbond substituents is 2. The molecule has 0 bridgehead atoms. The molecule has 14 heteroatoms. The highest BCUT2D eigenvalue weighted by molar-refractivity contribution is 7.89. The van der Waals surface area contributed by atoms with E-state index >= 15 is 0 Å². The zero-order valence-corrected chi connectivity index (χ0v) is 25.5. The highest BCUT2D eigenvalue weighted by atomic mass is 32.2. The van der Waals surface area contributed by atoms with Gasteiger partial charge in [-0.3, -0.25) is 18.4 Å². The lowest BCUT2D eigenvalue weighted by atomic mass is 9.86. The van der Waals surface area contributed by atoms with Crippen molar-refractivity contribution in [3.8, 4) is 23.0 Å². The standard InChI is InChI=1S/C28H28FNO4.C2H6O6S2/c1-18-25-14-23(32)7-10-26(25)34-28(27(18)21-3-2-4-22(31)13-21)20-5-8-24(9-6-20)33-12-11-30-16-19(15-29)17-30;3-9(4,5)1-2-10(6,7)8/h2-10,13-14,19,28,31-32H,11-12,15-17H2,1H3;1-2H2,(H,3,4,5)(H,6,7,8). The van der Waals surface area contributed by atoms with E-state index in [1.54, 1.807) is 30.3 Å². The number of nitrogens with zero attached hydrogens (tertiary/aromatic N) is 1. The van der Waals surface area contributed by atoms with Crippen LogP contribution in [0.15, 0.2) is 66.7 Å². The molecule has 2 heterocycles. The summed E-state index contributed by atoms with van der Waals surface area (Å²) in [7, 11) is -8.59. The van der Waals surface area contributed by atoms with Crippen molar-refractivity contribution in [2.24, 2.45) is 5.92 Å². The van der Waals surface area contributed by atoms with Crippen molar-refractivity contribution in [3.63, 3.8) is 0 Å². The van der Waals surface area contributed by atoms with Gasteiger partial charge in [0.25, 0.3) is 20.2 Å². The Labute approximate surface area is 255 Å². The molecule has 3 aromatic rings. The maximum Gasteiger partial charge on any atom is 0.265 e. The Morgan fingerprint density at radius 2 is 1.55 bits per heavy atom. The van der Waals surface area contributed by atoms with Crippen LogP contribution in [0, 0.1) is 5.92 Å². The fourth-order valence-corrected chi connectivity index (χ4v) is 6.60. The minimum absolute atomic E-state index is 0.176. The summed E-state index contributed by atoms with van der Waals surface area (Å²) in [5, 5.41) is 20.1. The molecule has 238 valence electrons. The topological polar surface area (TPSA) is 171 Å². The zero-order valence-electron chi connectivity index (χ0n) is 23.8. The number of aromatic hydroxyl groups is 2. The van der Waals surface area contributed by atoms with Gasteiger partial charge in [-0.1, -0.05) is 24.3 Å². The van der Waals surface area contributed by atoms with Gasteiger partial charge in [0.2, 0.25) is 0 Å². The zero-order chi connectivity index (χ0) is 32.1. The SMILES string of the molecule is CC1=C(c2cccc(O)c2)C(c2ccc(OCCN3CC(CF)C3)cc2)Oc2ccc(O)cc21.O=S(=O)(O)CCS(=O)(=O)O. The third kappa shape index (κ3) is 9.16. The molecule has 0 spiro atoms. The predicted molar refractivity (Wildman–Crippen MR) is 163 cm³/mol. The lowest BCUT2D eigenvalue weighted by Crippen LogP contribution is -2.49. The molecule has 0 aromatic heterocycles. The summed E-state index contributed by atoms with van der Waals surface area (Å²) in [6, 6.07) is 20.1. The molecule has 11 nitrogen and oxygen atoms in total. The van der Waals surface area contributed by atoms with E-state index in [4.69, 9.17) is 18.6 Å². The van der Waals surface area contributed by atoms with Crippen molar-refractivity contribution in [3.05, 3.63) is 83.4 Å². The first-order chi connectivity index (χ1) is 20.7. The summed E-state index contributed by atoms with van der Waals surface area (Å²) in [4.78, 5) is 2.19. The second kappa shape index (κ2) is 13.9. The van der Waals surface area contributed by atoms with E-state index in [0.717, 1.165) is 53.2 Å². The normalized spacial score (nSPS) is 17.1. The Bertz CT molecular complexity index is 1670. The first-order valence-corrected chi connectivity index (χ1v) is 16.9. The van der Waals surface area contributed by atoms with Crippen LogP contribution in [0.1, 0.15) is 29.7 Å². The van der Waals surface area contributed by atoms with E-state index in [1.165, 1.54) is 0 Å². The van der Waals surface area contributed by atoms with Crippen molar-refractivity contribution in [1.82, 2.24) is 4.90 Å². The molecule has 0 amide bonds. The highest BCUT2D eigenvalue weighted by Crippen LogP contribution is 2.47. The van der Waals surface area contributed by atoms with Gasteiger partial charge in [0, 0.05) is 36.7 Å². The number of phenols is 2. The Morgan fingerprint density at radius 3 is 2.14 bits per heavy atom. The number of benzene rings is 3. The average molecular weight is 652 g/mol. The third-order valence-corrected chi connectivity index (χ3v) is 8.84. The molecule has 44 heavy (non-hydrogen) atoms. The first-order valence-electron chi connectivity index (χ1n) is 13.6. The largest absolute Gasteiger partial charge is 0.508 e. The molecule has 1 fully saturated rings. The average Bonchev–Trinajstić information content (AvgIpc) is 2.93. The number of ether oxygens (including phenoxy) is 2. The molecule has 5 rings (SSSR count). The number of likely N-dealkylation sites (tertiary alicyclic amines) is 1. The number of fused-ring (bicyclic) bond motifs is 1. The smallest absolute Gasteiger partial charge is 0.265 e. The van der Waals surface area contributed by atoms with Gasteiger partial charge in [-0.2, -0.15) is 16.8 Å². The van der Waals surface area contributed by atoms with Crippen LogP contribution >= 0.6 is 0 Å². The number of rotatable bonds is 10. The third-order valence-electron chi connectivity index (χ3n) is 7.14.